The Morgan fingerprint density at radius 3 is 1.43 bits per heavy atom. The normalized spacial score (nSPS) is 21.4. The van der Waals surface area contributed by atoms with Crippen LogP contribution in [0.15, 0.2) is 0 Å². The van der Waals surface area contributed by atoms with Crippen LogP contribution in [0.2, 0.25) is 0 Å². The zero-order valence-electron chi connectivity index (χ0n) is 17.3. The van der Waals surface area contributed by atoms with Gasteiger partial charge in [-0.15, -0.1) is 0 Å². The molecule has 0 aromatic rings. The van der Waals surface area contributed by atoms with Gasteiger partial charge in [-0.2, -0.15) is 0 Å². The summed E-state index contributed by atoms with van der Waals surface area (Å²) in [6.07, 6.45) is 4.54. The maximum absolute atomic E-state index is 2.99. The van der Waals surface area contributed by atoms with Crippen molar-refractivity contribution >= 4 is 20.6 Å². The number of hydrogen-bond donors (Lipinski definition) is 0. The quantitative estimate of drug-likeness (QED) is 0.471. The van der Waals surface area contributed by atoms with Gasteiger partial charge in [0, 0.05) is 0 Å². The summed E-state index contributed by atoms with van der Waals surface area (Å²) >= 11 is -1.88. The van der Waals surface area contributed by atoms with Gasteiger partial charge in [-0.25, -0.2) is 0 Å². The number of rotatable bonds is 10. The zero-order chi connectivity index (χ0) is 17.7. The molecule has 0 amide bonds. The van der Waals surface area contributed by atoms with E-state index < -0.39 is 20.6 Å². The Labute approximate surface area is 154 Å². The van der Waals surface area contributed by atoms with Crippen LogP contribution in [0.25, 0.3) is 0 Å². The Morgan fingerprint density at radius 2 is 1.17 bits per heavy atom. The predicted octanol–water partition coefficient (Wildman–Crippen LogP) is 4.54. The van der Waals surface area contributed by atoms with Gasteiger partial charge >= 0.3 is 155 Å². The summed E-state index contributed by atoms with van der Waals surface area (Å²) in [7, 11) is 0. The standard InChI is InChI=1S/C11H24N2.C8H18N.Sn/c1-6-11(12-7-9(2)3)13-8-10(4)5;1-5-7(3)9-8(4)6-2;/h9-11H,6-8H2,1-5H3;7-8H,5-6H2,1-4H3;/q-2;-1;+3. The van der Waals surface area contributed by atoms with E-state index in [-0.39, 0.29) is 0 Å². The van der Waals surface area contributed by atoms with Gasteiger partial charge in [0.15, 0.2) is 0 Å². The summed E-state index contributed by atoms with van der Waals surface area (Å²) in [5.41, 5.74) is 0. The fourth-order valence-corrected chi connectivity index (χ4v) is 15.5. The Balaban J connectivity index is 3.08. The third kappa shape index (κ3) is 5.32. The molecule has 1 heterocycles. The first-order valence-corrected chi connectivity index (χ1v) is 13.8. The number of hydrogen-bond acceptors (Lipinski definition) is 3. The van der Waals surface area contributed by atoms with Gasteiger partial charge in [0.1, 0.15) is 0 Å². The van der Waals surface area contributed by atoms with Gasteiger partial charge in [-0.3, -0.25) is 0 Å². The van der Waals surface area contributed by atoms with Crippen LogP contribution in [-0.2, 0) is 0 Å². The van der Waals surface area contributed by atoms with E-state index >= 15 is 0 Å². The molecule has 1 aliphatic rings. The second-order valence-corrected chi connectivity index (χ2v) is 14.7. The Kier molecular flexibility index (Phi) is 9.43. The molecular weight excluding hydrogens is 389 g/mol. The summed E-state index contributed by atoms with van der Waals surface area (Å²) in [5.74, 6) is 1.55. The van der Waals surface area contributed by atoms with Crippen LogP contribution in [0.5, 0.6) is 0 Å². The summed E-state index contributed by atoms with van der Waals surface area (Å²) < 4.78 is 8.92. The zero-order valence-corrected chi connectivity index (χ0v) is 20.1. The predicted molar refractivity (Wildman–Crippen MR) is 104 cm³/mol. The first-order valence-electron chi connectivity index (χ1n) is 9.96. The van der Waals surface area contributed by atoms with E-state index in [0.717, 1.165) is 23.9 Å². The third-order valence-corrected chi connectivity index (χ3v) is 14.6. The average Bonchev–Trinajstić information content (AvgIpc) is 2.49. The molecule has 2 unspecified atom stereocenters. The van der Waals surface area contributed by atoms with Gasteiger partial charge in [0.2, 0.25) is 0 Å². The summed E-state index contributed by atoms with van der Waals surface area (Å²) in [4.78, 5) is 0. The van der Waals surface area contributed by atoms with E-state index in [0.29, 0.717) is 6.17 Å². The topological polar surface area (TPSA) is 9.72 Å². The third-order valence-electron chi connectivity index (χ3n) is 5.08. The molecule has 0 aliphatic carbocycles. The molecular formula is C19H42N3Sn. The van der Waals surface area contributed by atoms with Gasteiger partial charge in [0.05, 0.1) is 0 Å². The molecule has 2 atom stereocenters. The second kappa shape index (κ2) is 9.98. The fourth-order valence-electron chi connectivity index (χ4n) is 3.70. The van der Waals surface area contributed by atoms with Gasteiger partial charge in [-0.1, -0.05) is 0 Å². The molecule has 1 aliphatic heterocycles. The molecule has 1 radical (unpaired) electrons. The molecule has 0 bridgehead atoms. The van der Waals surface area contributed by atoms with Crippen LogP contribution in [0, 0.1) is 11.8 Å². The van der Waals surface area contributed by atoms with Gasteiger partial charge in [-0.05, 0) is 0 Å². The minimum atomic E-state index is -1.88. The SMILES string of the molecule is CCC1[N](CC(C)C)[Sn]([N](C(C)CC)C(C)CC)[N]1CC(C)C. The molecule has 0 saturated carbocycles. The Hall–Kier alpha value is 0.679. The van der Waals surface area contributed by atoms with Crippen molar-refractivity contribution in [2.24, 2.45) is 11.8 Å². The molecule has 4 heteroatoms. The van der Waals surface area contributed by atoms with Crippen molar-refractivity contribution < 1.29 is 0 Å². The minimum absolute atomic E-state index is 0.713. The van der Waals surface area contributed by atoms with Gasteiger partial charge < -0.3 is 0 Å². The van der Waals surface area contributed by atoms with Crippen LogP contribution in [-0.4, -0.2) is 61.3 Å². The number of nitrogens with zero attached hydrogens (tertiary/aromatic N) is 3. The van der Waals surface area contributed by atoms with Crippen LogP contribution in [0.4, 0.5) is 0 Å². The van der Waals surface area contributed by atoms with E-state index in [4.69, 9.17) is 0 Å². The fraction of sp³-hybridized carbons (Fsp3) is 1.00. The van der Waals surface area contributed by atoms with Crippen molar-refractivity contribution in [1.82, 2.24) is 9.36 Å². The molecule has 0 spiro atoms. The molecule has 0 N–H and O–H groups in total. The van der Waals surface area contributed by atoms with Crippen LogP contribution >= 0.6 is 0 Å². The summed E-state index contributed by atoms with van der Waals surface area (Å²) in [6, 6.07) is 1.45. The van der Waals surface area contributed by atoms with E-state index in [1.807, 2.05) is 0 Å². The molecule has 1 saturated heterocycles. The Bertz CT molecular complexity index is 307. The van der Waals surface area contributed by atoms with Crippen LogP contribution < -0.4 is 0 Å². The Morgan fingerprint density at radius 1 is 0.783 bits per heavy atom. The molecule has 23 heavy (non-hydrogen) atoms. The van der Waals surface area contributed by atoms with Crippen molar-refractivity contribution in [2.75, 3.05) is 13.1 Å². The maximum atomic E-state index is 2.99. The summed E-state index contributed by atoms with van der Waals surface area (Å²) in [6.45, 7) is 24.1. The molecule has 1 rings (SSSR count). The monoisotopic (exact) mass is 432 g/mol. The van der Waals surface area contributed by atoms with E-state index in [9.17, 15) is 0 Å². The summed E-state index contributed by atoms with van der Waals surface area (Å²) in [5, 5.41) is 0. The second-order valence-electron chi connectivity index (χ2n) is 8.20. The van der Waals surface area contributed by atoms with Crippen LogP contribution in [0.3, 0.4) is 0 Å². The van der Waals surface area contributed by atoms with E-state index in [1.54, 1.807) is 0 Å². The van der Waals surface area contributed by atoms with Crippen molar-refractivity contribution in [3.8, 4) is 0 Å². The average molecular weight is 431 g/mol. The van der Waals surface area contributed by atoms with E-state index in [2.05, 4.69) is 71.7 Å². The molecule has 0 aromatic heterocycles. The molecule has 1 fully saturated rings. The van der Waals surface area contributed by atoms with Crippen LogP contribution in [0.1, 0.15) is 81.6 Å². The molecule has 0 aromatic carbocycles. The van der Waals surface area contributed by atoms with Crippen molar-refractivity contribution in [1.29, 1.82) is 0 Å². The first kappa shape index (κ1) is 21.7. The first-order chi connectivity index (χ1) is 10.8. The molecule has 137 valence electrons. The van der Waals surface area contributed by atoms with Crippen molar-refractivity contribution in [2.45, 2.75) is 99.8 Å². The van der Waals surface area contributed by atoms with E-state index in [1.165, 1.54) is 32.4 Å². The molecule has 3 nitrogen and oxygen atoms in total. The van der Waals surface area contributed by atoms with Crippen molar-refractivity contribution in [3.05, 3.63) is 0 Å². The van der Waals surface area contributed by atoms with Crippen molar-refractivity contribution in [3.63, 3.8) is 0 Å². The van der Waals surface area contributed by atoms with Gasteiger partial charge in [0.25, 0.3) is 0 Å².